The number of aryl methyl sites for hydroxylation is 1. The molecule has 2 aromatic rings. The molecule has 0 aliphatic carbocycles. The van der Waals surface area contributed by atoms with Crippen molar-refractivity contribution in [3.63, 3.8) is 0 Å². The van der Waals surface area contributed by atoms with Crippen LogP contribution in [-0.4, -0.2) is 49.6 Å². The third-order valence-corrected chi connectivity index (χ3v) is 6.08. The van der Waals surface area contributed by atoms with Crippen LogP contribution < -0.4 is 4.72 Å². The van der Waals surface area contributed by atoms with Crippen molar-refractivity contribution >= 4 is 27.3 Å². The van der Waals surface area contributed by atoms with E-state index >= 15 is 0 Å². The van der Waals surface area contributed by atoms with Crippen LogP contribution in [0.25, 0.3) is 10.6 Å². The molecule has 0 radical (unpaired) electrons. The number of thiazole rings is 1. The van der Waals surface area contributed by atoms with E-state index < -0.39 is 10.0 Å². The van der Waals surface area contributed by atoms with Gasteiger partial charge in [0.25, 0.3) is 0 Å². The fourth-order valence-corrected chi connectivity index (χ4v) is 4.77. The lowest BCUT2D eigenvalue weighted by molar-refractivity contribution is -0.131. The van der Waals surface area contributed by atoms with Gasteiger partial charge in [-0.1, -0.05) is 23.8 Å². The molecule has 1 N–H and O–H groups in total. The Balaban J connectivity index is 1.56. The second-order valence-corrected chi connectivity index (χ2v) is 9.37. The molecule has 26 heavy (non-hydrogen) atoms. The first-order valence-electron chi connectivity index (χ1n) is 8.57. The molecular formula is C18H23N3O3S2. The average molecular weight is 394 g/mol. The van der Waals surface area contributed by atoms with E-state index in [1.54, 1.807) is 16.2 Å². The van der Waals surface area contributed by atoms with E-state index in [0.717, 1.165) is 16.3 Å². The van der Waals surface area contributed by atoms with Crippen LogP contribution in [0.3, 0.4) is 0 Å². The van der Waals surface area contributed by atoms with Gasteiger partial charge in [-0.15, -0.1) is 11.3 Å². The van der Waals surface area contributed by atoms with Gasteiger partial charge >= 0.3 is 0 Å². The van der Waals surface area contributed by atoms with Gasteiger partial charge in [-0.25, -0.2) is 18.1 Å². The van der Waals surface area contributed by atoms with E-state index in [2.05, 4.69) is 15.8 Å². The summed E-state index contributed by atoms with van der Waals surface area (Å²) in [7, 11) is -3.20. The third kappa shape index (κ3) is 5.12. The van der Waals surface area contributed by atoms with Crippen LogP contribution in [0.1, 0.15) is 24.1 Å². The molecule has 1 aromatic heterocycles. The molecule has 0 spiro atoms. The van der Waals surface area contributed by atoms with Crippen LogP contribution in [-0.2, 0) is 21.2 Å². The first kappa shape index (κ1) is 19.0. The quantitative estimate of drug-likeness (QED) is 0.845. The molecule has 1 fully saturated rings. The van der Waals surface area contributed by atoms with Gasteiger partial charge in [0.2, 0.25) is 15.9 Å². The van der Waals surface area contributed by atoms with Gasteiger partial charge in [0.15, 0.2) is 0 Å². The van der Waals surface area contributed by atoms with Gasteiger partial charge in [0, 0.05) is 30.1 Å². The van der Waals surface area contributed by atoms with E-state index in [-0.39, 0.29) is 18.4 Å². The Bertz CT molecular complexity index is 885. The number of carbonyl (C=O) groups is 1. The van der Waals surface area contributed by atoms with E-state index in [1.807, 2.05) is 30.5 Å². The monoisotopic (exact) mass is 393 g/mol. The molecule has 3 rings (SSSR count). The molecule has 0 saturated carbocycles. The predicted octanol–water partition coefficient (Wildman–Crippen LogP) is 2.20. The minimum atomic E-state index is -3.20. The van der Waals surface area contributed by atoms with E-state index in [1.165, 1.54) is 11.8 Å². The Labute approximate surface area is 158 Å². The van der Waals surface area contributed by atoms with Crippen molar-refractivity contribution in [1.82, 2.24) is 14.6 Å². The summed E-state index contributed by atoms with van der Waals surface area (Å²) in [6.07, 6.45) is 2.74. The standard InChI is InChI=1S/C18H23N3O3S2/c1-13-4-3-5-14(10-13)18-19-16(12-25-18)11-17(22)21-8-6-15(7-9-21)20-26(2,23)24/h3-5,10,12,15,20H,6-9,11H2,1-2H3. The van der Waals surface area contributed by atoms with Gasteiger partial charge in [-0.3, -0.25) is 4.79 Å². The minimum absolute atomic E-state index is 0.0453. The van der Waals surface area contributed by atoms with Gasteiger partial charge < -0.3 is 4.90 Å². The molecule has 6 nitrogen and oxygen atoms in total. The van der Waals surface area contributed by atoms with Crippen molar-refractivity contribution in [2.24, 2.45) is 0 Å². The van der Waals surface area contributed by atoms with Crippen molar-refractivity contribution in [3.05, 3.63) is 40.9 Å². The Morgan fingerprint density at radius 3 is 2.73 bits per heavy atom. The number of carbonyl (C=O) groups excluding carboxylic acids is 1. The molecule has 1 saturated heterocycles. The highest BCUT2D eigenvalue weighted by Crippen LogP contribution is 2.25. The van der Waals surface area contributed by atoms with Crippen molar-refractivity contribution in [1.29, 1.82) is 0 Å². The first-order valence-corrected chi connectivity index (χ1v) is 11.3. The van der Waals surface area contributed by atoms with Crippen molar-refractivity contribution in [2.75, 3.05) is 19.3 Å². The molecule has 1 aliphatic heterocycles. The number of benzene rings is 1. The Hall–Kier alpha value is -1.77. The van der Waals surface area contributed by atoms with E-state index in [4.69, 9.17) is 0 Å². The maximum Gasteiger partial charge on any atom is 0.228 e. The molecule has 1 aromatic carbocycles. The highest BCUT2D eigenvalue weighted by Gasteiger charge is 2.25. The molecule has 8 heteroatoms. The summed E-state index contributed by atoms with van der Waals surface area (Å²) in [6, 6.07) is 8.08. The number of aromatic nitrogens is 1. The zero-order chi connectivity index (χ0) is 18.7. The van der Waals surface area contributed by atoms with Crippen LogP contribution in [0.4, 0.5) is 0 Å². The van der Waals surface area contributed by atoms with Crippen LogP contribution in [0.5, 0.6) is 0 Å². The summed E-state index contributed by atoms with van der Waals surface area (Å²) in [5.41, 5.74) is 3.04. The molecular weight excluding hydrogens is 370 g/mol. The Morgan fingerprint density at radius 1 is 1.35 bits per heavy atom. The molecule has 0 bridgehead atoms. The van der Waals surface area contributed by atoms with Crippen LogP contribution >= 0.6 is 11.3 Å². The summed E-state index contributed by atoms with van der Waals surface area (Å²) in [6.45, 7) is 3.19. The third-order valence-electron chi connectivity index (χ3n) is 4.38. The zero-order valence-electron chi connectivity index (χ0n) is 14.9. The van der Waals surface area contributed by atoms with Crippen LogP contribution in [0, 0.1) is 6.92 Å². The zero-order valence-corrected chi connectivity index (χ0v) is 16.6. The summed E-state index contributed by atoms with van der Waals surface area (Å²) in [5, 5.41) is 2.86. The van der Waals surface area contributed by atoms with Gasteiger partial charge in [-0.05, 0) is 25.8 Å². The van der Waals surface area contributed by atoms with E-state index in [9.17, 15) is 13.2 Å². The number of nitrogens with one attached hydrogen (secondary N) is 1. The highest BCUT2D eigenvalue weighted by molar-refractivity contribution is 7.88. The highest BCUT2D eigenvalue weighted by atomic mass is 32.2. The summed E-state index contributed by atoms with van der Waals surface area (Å²) in [4.78, 5) is 18.9. The molecule has 0 atom stereocenters. The number of hydrogen-bond acceptors (Lipinski definition) is 5. The second kappa shape index (κ2) is 7.85. The number of hydrogen-bond donors (Lipinski definition) is 1. The lowest BCUT2D eigenvalue weighted by atomic mass is 10.1. The SMILES string of the molecule is Cc1cccc(-c2nc(CC(=O)N3CCC(NS(C)(=O)=O)CC3)cs2)c1. The van der Waals surface area contributed by atoms with E-state index in [0.29, 0.717) is 25.9 Å². The second-order valence-electron chi connectivity index (χ2n) is 6.74. The molecule has 2 heterocycles. The van der Waals surface area contributed by atoms with Gasteiger partial charge in [0.1, 0.15) is 5.01 Å². The summed E-state index contributed by atoms with van der Waals surface area (Å²) >= 11 is 1.55. The lowest BCUT2D eigenvalue weighted by Gasteiger charge is -2.31. The lowest BCUT2D eigenvalue weighted by Crippen LogP contribution is -2.46. The van der Waals surface area contributed by atoms with Gasteiger partial charge in [-0.2, -0.15) is 0 Å². The van der Waals surface area contributed by atoms with Crippen LogP contribution in [0.2, 0.25) is 0 Å². The number of sulfonamides is 1. The van der Waals surface area contributed by atoms with Crippen molar-refractivity contribution in [3.8, 4) is 10.6 Å². The topological polar surface area (TPSA) is 79.4 Å². The fraction of sp³-hybridized carbons (Fsp3) is 0.444. The maximum atomic E-state index is 12.5. The van der Waals surface area contributed by atoms with Crippen molar-refractivity contribution in [2.45, 2.75) is 32.2 Å². The molecule has 1 aliphatic rings. The number of nitrogens with zero attached hydrogens (tertiary/aromatic N) is 2. The predicted molar refractivity (Wildman–Crippen MR) is 104 cm³/mol. The normalized spacial score (nSPS) is 16.0. The maximum absolute atomic E-state index is 12.5. The first-order chi connectivity index (χ1) is 12.3. The molecule has 1 amide bonds. The average Bonchev–Trinajstić information content (AvgIpc) is 3.02. The number of rotatable bonds is 5. The smallest absolute Gasteiger partial charge is 0.228 e. The van der Waals surface area contributed by atoms with Crippen molar-refractivity contribution < 1.29 is 13.2 Å². The molecule has 0 unspecified atom stereocenters. The molecule has 140 valence electrons. The van der Waals surface area contributed by atoms with Gasteiger partial charge in [0.05, 0.1) is 18.4 Å². The number of likely N-dealkylation sites (tertiary alicyclic amines) is 1. The fourth-order valence-electron chi connectivity index (χ4n) is 3.12. The summed E-state index contributed by atoms with van der Waals surface area (Å²) in [5.74, 6) is 0.0453. The number of amides is 1. The minimum Gasteiger partial charge on any atom is -0.342 e. The Morgan fingerprint density at radius 2 is 2.08 bits per heavy atom. The Kier molecular flexibility index (Phi) is 5.74. The largest absolute Gasteiger partial charge is 0.342 e. The summed E-state index contributed by atoms with van der Waals surface area (Å²) < 4.78 is 25.2. The number of piperidine rings is 1. The van der Waals surface area contributed by atoms with Crippen LogP contribution in [0.15, 0.2) is 29.6 Å².